The number of carbonyl (C=O) groups is 1. The van der Waals surface area contributed by atoms with Crippen LogP contribution in [-0.2, 0) is 9.53 Å². The molecule has 1 aromatic carbocycles. The fourth-order valence-electron chi connectivity index (χ4n) is 3.21. The van der Waals surface area contributed by atoms with Gasteiger partial charge >= 0.3 is 0 Å². The zero-order valence-corrected chi connectivity index (χ0v) is 15.3. The Kier molecular flexibility index (Phi) is 8.70. The van der Waals surface area contributed by atoms with Crippen LogP contribution in [0.25, 0.3) is 0 Å². The molecule has 24 heavy (non-hydrogen) atoms. The molecular formula is C18H29ClN2O3. The summed E-state index contributed by atoms with van der Waals surface area (Å²) in [6.45, 7) is 3.86. The van der Waals surface area contributed by atoms with Gasteiger partial charge in [-0.05, 0) is 44.8 Å². The van der Waals surface area contributed by atoms with Crippen LogP contribution in [0.2, 0.25) is 0 Å². The molecule has 2 rings (SSSR count). The number of amides is 1. The van der Waals surface area contributed by atoms with Crippen molar-refractivity contribution >= 4 is 18.3 Å². The normalized spacial score (nSPS) is 19.0. The van der Waals surface area contributed by atoms with Crippen molar-refractivity contribution in [1.29, 1.82) is 0 Å². The number of aliphatic hydroxyl groups is 1. The van der Waals surface area contributed by atoms with Gasteiger partial charge in [0.15, 0.2) is 0 Å². The molecule has 0 bridgehead atoms. The van der Waals surface area contributed by atoms with E-state index in [1.165, 1.54) is 0 Å². The average molecular weight is 357 g/mol. The highest BCUT2D eigenvalue weighted by Gasteiger charge is 2.39. The molecule has 1 fully saturated rings. The fraction of sp³-hybridized carbons (Fsp3) is 0.611. The minimum absolute atomic E-state index is 0. The number of rotatable bonds is 7. The smallest absolute Gasteiger partial charge is 0.252 e. The van der Waals surface area contributed by atoms with Gasteiger partial charge in [-0.1, -0.05) is 30.3 Å². The Morgan fingerprint density at radius 1 is 1.33 bits per heavy atom. The summed E-state index contributed by atoms with van der Waals surface area (Å²) in [6.07, 6.45) is 1.57. The maximum Gasteiger partial charge on any atom is 0.252 e. The Bertz CT molecular complexity index is 490. The van der Waals surface area contributed by atoms with Crippen molar-refractivity contribution in [2.75, 3.05) is 26.7 Å². The number of aliphatic hydroxyl groups excluding tert-OH is 1. The zero-order valence-electron chi connectivity index (χ0n) is 14.5. The predicted octanol–water partition coefficient (Wildman–Crippen LogP) is 1.85. The summed E-state index contributed by atoms with van der Waals surface area (Å²) in [5.41, 5.74) is 0.405. The number of carbonyl (C=O) groups excluding carboxylic acids is 1. The molecule has 136 valence electrons. The number of methoxy groups -OCH3 is 1. The van der Waals surface area contributed by atoms with Crippen LogP contribution in [0.4, 0.5) is 0 Å². The highest BCUT2D eigenvalue weighted by molar-refractivity contribution is 5.85. The predicted molar refractivity (Wildman–Crippen MR) is 97.6 cm³/mol. The summed E-state index contributed by atoms with van der Waals surface area (Å²) in [5.74, 6) is 0.0452. The molecule has 0 aliphatic carbocycles. The minimum atomic E-state index is -0.725. The second-order valence-corrected chi connectivity index (χ2v) is 6.35. The molecule has 1 aliphatic heterocycles. The van der Waals surface area contributed by atoms with Crippen LogP contribution in [0, 0.1) is 0 Å². The summed E-state index contributed by atoms with van der Waals surface area (Å²) in [7, 11) is 1.61. The van der Waals surface area contributed by atoms with Crippen molar-refractivity contribution in [3.8, 4) is 0 Å². The second-order valence-electron chi connectivity index (χ2n) is 6.35. The molecule has 0 radical (unpaired) electrons. The molecule has 1 amide bonds. The van der Waals surface area contributed by atoms with E-state index in [4.69, 9.17) is 4.74 Å². The fourth-order valence-corrected chi connectivity index (χ4v) is 3.21. The van der Waals surface area contributed by atoms with Crippen LogP contribution in [0.5, 0.6) is 0 Å². The van der Waals surface area contributed by atoms with Gasteiger partial charge in [0.05, 0.1) is 6.10 Å². The van der Waals surface area contributed by atoms with Gasteiger partial charge in [0.2, 0.25) is 0 Å². The van der Waals surface area contributed by atoms with Gasteiger partial charge in [0.1, 0.15) is 5.60 Å². The molecule has 5 nitrogen and oxygen atoms in total. The standard InChI is InChI=1S/C18H28N2O3.ClH/c1-14(21)12-16(15-6-4-3-5-7-15)13-20-17(22)18(23-2)8-10-19-11-9-18;/h3-7,14,16,19,21H,8-13H2,1-2H3,(H,20,22);1H. The van der Waals surface area contributed by atoms with E-state index < -0.39 is 11.7 Å². The molecule has 1 saturated heterocycles. The number of hydrogen-bond donors (Lipinski definition) is 3. The highest BCUT2D eigenvalue weighted by atomic mass is 35.5. The molecule has 1 heterocycles. The molecule has 0 saturated carbocycles. The van der Waals surface area contributed by atoms with Crippen molar-refractivity contribution in [3.05, 3.63) is 35.9 Å². The van der Waals surface area contributed by atoms with Gasteiger partial charge in [-0.15, -0.1) is 12.4 Å². The van der Waals surface area contributed by atoms with Crippen LogP contribution in [0.15, 0.2) is 30.3 Å². The van der Waals surface area contributed by atoms with E-state index >= 15 is 0 Å². The number of nitrogens with one attached hydrogen (secondary N) is 2. The summed E-state index contributed by atoms with van der Waals surface area (Å²) in [4.78, 5) is 12.6. The summed E-state index contributed by atoms with van der Waals surface area (Å²) in [5, 5.41) is 16.0. The van der Waals surface area contributed by atoms with Crippen LogP contribution < -0.4 is 10.6 Å². The monoisotopic (exact) mass is 356 g/mol. The SMILES string of the molecule is COC1(C(=O)NCC(CC(C)O)c2ccccc2)CCNCC1.Cl. The van der Waals surface area contributed by atoms with E-state index in [0.717, 1.165) is 18.7 Å². The Morgan fingerprint density at radius 3 is 2.50 bits per heavy atom. The van der Waals surface area contributed by atoms with E-state index in [1.807, 2.05) is 30.3 Å². The third-order valence-electron chi connectivity index (χ3n) is 4.62. The minimum Gasteiger partial charge on any atom is -0.393 e. The van der Waals surface area contributed by atoms with Gasteiger partial charge in [0, 0.05) is 19.6 Å². The highest BCUT2D eigenvalue weighted by Crippen LogP contribution is 2.24. The third-order valence-corrected chi connectivity index (χ3v) is 4.62. The van der Waals surface area contributed by atoms with Gasteiger partial charge in [0.25, 0.3) is 5.91 Å². The number of benzene rings is 1. The maximum absolute atomic E-state index is 12.6. The van der Waals surface area contributed by atoms with Crippen molar-refractivity contribution in [1.82, 2.24) is 10.6 Å². The van der Waals surface area contributed by atoms with Crippen molar-refractivity contribution in [3.63, 3.8) is 0 Å². The number of halogens is 1. The lowest BCUT2D eigenvalue weighted by molar-refractivity contribution is -0.146. The van der Waals surface area contributed by atoms with Crippen LogP contribution in [0.1, 0.15) is 37.7 Å². The zero-order chi connectivity index (χ0) is 16.7. The molecule has 2 atom stereocenters. The van der Waals surface area contributed by atoms with Crippen molar-refractivity contribution in [2.45, 2.75) is 43.8 Å². The van der Waals surface area contributed by atoms with Crippen molar-refractivity contribution < 1.29 is 14.6 Å². The summed E-state index contributed by atoms with van der Waals surface area (Å²) >= 11 is 0. The Labute approximate surface area is 150 Å². The van der Waals surface area contributed by atoms with Crippen LogP contribution in [0.3, 0.4) is 0 Å². The van der Waals surface area contributed by atoms with Gasteiger partial charge < -0.3 is 20.5 Å². The molecule has 1 aliphatic rings. The summed E-state index contributed by atoms with van der Waals surface area (Å²) in [6, 6.07) is 10.0. The largest absolute Gasteiger partial charge is 0.393 e. The number of ether oxygens (including phenoxy) is 1. The molecule has 0 spiro atoms. The summed E-state index contributed by atoms with van der Waals surface area (Å²) < 4.78 is 5.56. The Hall–Kier alpha value is -1.14. The van der Waals surface area contributed by atoms with Gasteiger partial charge in [-0.25, -0.2) is 0 Å². The van der Waals surface area contributed by atoms with Crippen LogP contribution in [-0.4, -0.2) is 49.5 Å². The Morgan fingerprint density at radius 2 is 1.96 bits per heavy atom. The molecule has 6 heteroatoms. The molecule has 3 N–H and O–H groups in total. The number of hydrogen-bond acceptors (Lipinski definition) is 4. The average Bonchev–Trinajstić information content (AvgIpc) is 2.59. The Balaban J connectivity index is 0.00000288. The maximum atomic E-state index is 12.6. The van der Waals surface area contributed by atoms with E-state index in [0.29, 0.717) is 25.8 Å². The first-order valence-electron chi connectivity index (χ1n) is 8.34. The second kappa shape index (κ2) is 9.99. The molecule has 2 unspecified atom stereocenters. The molecule has 1 aromatic rings. The van der Waals surface area contributed by atoms with E-state index in [1.54, 1.807) is 14.0 Å². The van der Waals surface area contributed by atoms with E-state index in [-0.39, 0.29) is 24.2 Å². The van der Waals surface area contributed by atoms with Crippen LogP contribution >= 0.6 is 12.4 Å². The van der Waals surface area contributed by atoms with Gasteiger partial charge in [-0.2, -0.15) is 0 Å². The lowest BCUT2D eigenvalue weighted by Crippen LogP contribution is -2.54. The quantitative estimate of drug-likeness (QED) is 0.697. The van der Waals surface area contributed by atoms with E-state index in [9.17, 15) is 9.90 Å². The molecule has 0 aromatic heterocycles. The lowest BCUT2D eigenvalue weighted by atomic mass is 9.89. The molecular weight excluding hydrogens is 328 g/mol. The van der Waals surface area contributed by atoms with Gasteiger partial charge in [-0.3, -0.25) is 4.79 Å². The topological polar surface area (TPSA) is 70.6 Å². The first kappa shape index (κ1) is 20.9. The van der Waals surface area contributed by atoms with Crippen molar-refractivity contribution in [2.24, 2.45) is 0 Å². The lowest BCUT2D eigenvalue weighted by Gasteiger charge is -2.35. The number of piperidine rings is 1. The first-order chi connectivity index (χ1) is 11.1. The first-order valence-corrected chi connectivity index (χ1v) is 8.34. The van der Waals surface area contributed by atoms with E-state index in [2.05, 4.69) is 10.6 Å². The third kappa shape index (κ3) is 5.45.